The number of likely N-dealkylation sites (N-methyl/N-ethyl adjacent to an activating group) is 1. The zero-order valence-corrected chi connectivity index (χ0v) is 15.8. The highest BCUT2D eigenvalue weighted by atomic mass is 16.2. The maximum Gasteiger partial charge on any atom is 0.242 e. The van der Waals surface area contributed by atoms with Crippen LogP contribution in [0.3, 0.4) is 0 Å². The molecule has 4 nitrogen and oxygen atoms in total. The van der Waals surface area contributed by atoms with E-state index in [0.717, 1.165) is 51.6 Å². The standard InChI is InChI=1S/C21H33N3O/c1-17-15-19(11-14-24(17)16-18-9-5-3-6-10-18)23(2)20(25)21(22)12-7-4-8-13-21/h3,5-6,9-10,17,19H,4,7-8,11-16,22H2,1-2H3. The first-order chi connectivity index (χ1) is 12.0. The zero-order chi connectivity index (χ0) is 17.9. The third-order valence-electron chi connectivity index (χ3n) is 6.25. The van der Waals surface area contributed by atoms with E-state index < -0.39 is 5.54 Å². The number of piperidine rings is 1. The van der Waals surface area contributed by atoms with Crippen LogP contribution in [-0.2, 0) is 11.3 Å². The van der Waals surface area contributed by atoms with Crippen LogP contribution in [0.1, 0.15) is 57.4 Å². The minimum absolute atomic E-state index is 0.168. The number of hydrogen-bond donors (Lipinski definition) is 1. The number of carbonyl (C=O) groups is 1. The van der Waals surface area contributed by atoms with E-state index in [-0.39, 0.29) is 5.91 Å². The summed E-state index contributed by atoms with van der Waals surface area (Å²) in [7, 11) is 1.97. The van der Waals surface area contributed by atoms with E-state index in [1.54, 1.807) is 0 Å². The van der Waals surface area contributed by atoms with Crippen molar-refractivity contribution in [2.24, 2.45) is 5.73 Å². The average Bonchev–Trinajstić information content (AvgIpc) is 2.63. The number of likely N-dealkylation sites (tertiary alicyclic amines) is 1. The third-order valence-corrected chi connectivity index (χ3v) is 6.25. The van der Waals surface area contributed by atoms with Gasteiger partial charge in [-0.25, -0.2) is 0 Å². The fourth-order valence-corrected chi connectivity index (χ4v) is 4.51. The van der Waals surface area contributed by atoms with Crippen molar-refractivity contribution in [1.29, 1.82) is 0 Å². The Hall–Kier alpha value is -1.39. The smallest absolute Gasteiger partial charge is 0.242 e. The van der Waals surface area contributed by atoms with E-state index in [1.165, 1.54) is 12.0 Å². The SMILES string of the molecule is CC1CC(N(C)C(=O)C2(N)CCCCC2)CCN1Cc1ccccc1. The lowest BCUT2D eigenvalue weighted by atomic mass is 9.81. The maximum atomic E-state index is 13.0. The van der Waals surface area contributed by atoms with Gasteiger partial charge in [-0.15, -0.1) is 0 Å². The Labute approximate surface area is 152 Å². The van der Waals surface area contributed by atoms with Gasteiger partial charge in [0.15, 0.2) is 0 Å². The molecule has 1 aliphatic heterocycles. The molecule has 2 fully saturated rings. The molecule has 1 saturated carbocycles. The van der Waals surface area contributed by atoms with Crippen LogP contribution in [0.2, 0.25) is 0 Å². The van der Waals surface area contributed by atoms with Crippen molar-refractivity contribution >= 4 is 5.91 Å². The minimum Gasteiger partial charge on any atom is -0.341 e. The summed E-state index contributed by atoms with van der Waals surface area (Å²) in [4.78, 5) is 17.5. The Kier molecular flexibility index (Phi) is 5.80. The molecule has 1 aromatic rings. The Morgan fingerprint density at radius 3 is 2.56 bits per heavy atom. The van der Waals surface area contributed by atoms with E-state index in [2.05, 4.69) is 42.2 Å². The molecule has 1 heterocycles. The van der Waals surface area contributed by atoms with Crippen molar-refractivity contribution in [2.45, 2.75) is 76.0 Å². The topological polar surface area (TPSA) is 49.6 Å². The van der Waals surface area contributed by atoms with Gasteiger partial charge in [0, 0.05) is 32.2 Å². The summed E-state index contributed by atoms with van der Waals surface area (Å²) in [6.07, 6.45) is 7.15. The first-order valence-corrected chi connectivity index (χ1v) is 9.84. The summed E-state index contributed by atoms with van der Waals surface area (Å²) < 4.78 is 0. The molecule has 1 saturated heterocycles. The first-order valence-electron chi connectivity index (χ1n) is 9.84. The second-order valence-electron chi connectivity index (χ2n) is 8.12. The Balaban J connectivity index is 1.57. The molecule has 0 spiro atoms. The Morgan fingerprint density at radius 2 is 1.92 bits per heavy atom. The lowest BCUT2D eigenvalue weighted by molar-refractivity contribution is -0.140. The molecule has 1 aromatic carbocycles. The molecule has 25 heavy (non-hydrogen) atoms. The summed E-state index contributed by atoms with van der Waals surface area (Å²) in [5.41, 5.74) is 7.22. The van der Waals surface area contributed by atoms with Gasteiger partial charge in [-0.1, -0.05) is 49.6 Å². The van der Waals surface area contributed by atoms with Gasteiger partial charge in [0.05, 0.1) is 5.54 Å². The van der Waals surface area contributed by atoms with Gasteiger partial charge < -0.3 is 10.6 Å². The molecule has 0 radical (unpaired) electrons. The molecule has 2 aliphatic rings. The highest BCUT2D eigenvalue weighted by molar-refractivity contribution is 5.86. The van der Waals surface area contributed by atoms with E-state index >= 15 is 0 Å². The molecule has 3 rings (SSSR count). The van der Waals surface area contributed by atoms with E-state index in [9.17, 15) is 4.79 Å². The number of rotatable bonds is 4. The van der Waals surface area contributed by atoms with Gasteiger partial charge in [0.2, 0.25) is 5.91 Å². The van der Waals surface area contributed by atoms with Gasteiger partial charge in [-0.3, -0.25) is 9.69 Å². The van der Waals surface area contributed by atoms with Crippen molar-refractivity contribution in [2.75, 3.05) is 13.6 Å². The molecule has 4 heteroatoms. The quantitative estimate of drug-likeness (QED) is 0.913. The van der Waals surface area contributed by atoms with E-state index in [4.69, 9.17) is 5.73 Å². The number of carbonyl (C=O) groups excluding carboxylic acids is 1. The molecule has 0 aromatic heterocycles. The lowest BCUT2D eigenvalue weighted by Crippen LogP contribution is -2.59. The summed E-state index contributed by atoms with van der Waals surface area (Å²) in [6, 6.07) is 11.4. The molecule has 1 aliphatic carbocycles. The second-order valence-corrected chi connectivity index (χ2v) is 8.12. The maximum absolute atomic E-state index is 13.0. The number of nitrogens with zero attached hydrogens (tertiary/aromatic N) is 2. The Morgan fingerprint density at radius 1 is 1.24 bits per heavy atom. The minimum atomic E-state index is -0.614. The van der Waals surface area contributed by atoms with Crippen LogP contribution in [0, 0.1) is 0 Å². The van der Waals surface area contributed by atoms with Gasteiger partial charge in [-0.05, 0) is 38.2 Å². The van der Waals surface area contributed by atoms with Crippen LogP contribution in [0.15, 0.2) is 30.3 Å². The van der Waals surface area contributed by atoms with Gasteiger partial charge in [0.1, 0.15) is 0 Å². The van der Waals surface area contributed by atoms with Crippen LogP contribution in [0.4, 0.5) is 0 Å². The number of benzene rings is 1. The largest absolute Gasteiger partial charge is 0.341 e. The number of hydrogen-bond acceptors (Lipinski definition) is 3. The van der Waals surface area contributed by atoms with E-state index in [1.807, 2.05) is 11.9 Å². The first kappa shape index (κ1) is 18.4. The fourth-order valence-electron chi connectivity index (χ4n) is 4.51. The van der Waals surface area contributed by atoms with Crippen LogP contribution in [-0.4, -0.2) is 46.9 Å². The molecular formula is C21H33N3O. The molecular weight excluding hydrogens is 310 g/mol. The van der Waals surface area contributed by atoms with Gasteiger partial charge in [-0.2, -0.15) is 0 Å². The molecule has 138 valence electrons. The lowest BCUT2D eigenvalue weighted by Gasteiger charge is -2.44. The van der Waals surface area contributed by atoms with Crippen LogP contribution in [0.5, 0.6) is 0 Å². The predicted molar refractivity (Wildman–Crippen MR) is 102 cm³/mol. The highest BCUT2D eigenvalue weighted by Gasteiger charge is 2.40. The predicted octanol–water partition coefficient (Wildman–Crippen LogP) is 3.16. The van der Waals surface area contributed by atoms with Crippen molar-refractivity contribution in [3.8, 4) is 0 Å². The highest BCUT2D eigenvalue weighted by Crippen LogP contribution is 2.30. The fraction of sp³-hybridized carbons (Fsp3) is 0.667. The van der Waals surface area contributed by atoms with Crippen LogP contribution >= 0.6 is 0 Å². The van der Waals surface area contributed by atoms with Gasteiger partial charge >= 0.3 is 0 Å². The van der Waals surface area contributed by atoms with E-state index in [0.29, 0.717) is 12.1 Å². The summed E-state index contributed by atoms with van der Waals surface area (Å²) in [5, 5.41) is 0. The summed E-state index contributed by atoms with van der Waals surface area (Å²) in [6.45, 7) is 4.31. The monoisotopic (exact) mass is 343 g/mol. The third kappa shape index (κ3) is 4.24. The molecule has 2 N–H and O–H groups in total. The number of nitrogens with two attached hydrogens (primary N) is 1. The average molecular weight is 344 g/mol. The summed E-state index contributed by atoms with van der Waals surface area (Å²) in [5.74, 6) is 0.168. The second kappa shape index (κ2) is 7.88. The van der Waals surface area contributed by atoms with Crippen molar-refractivity contribution in [3.63, 3.8) is 0 Å². The normalized spacial score (nSPS) is 27.0. The zero-order valence-electron chi connectivity index (χ0n) is 15.8. The molecule has 1 amide bonds. The molecule has 0 bridgehead atoms. The summed E-state index contributed by atoms with van der Waals surface area (Å²) >= 11 is 0. The Bertz CT molecular complexity index is 568. The molecule has 2 unspecified atom stereocenters. The van der Waals surface area contributed by atoms with Gasteiger partial charge in [0.25, 0.3) is 0 Å². The van der Waals surface area contributed by atoms with Crippen molar-refractivity contribution in [1.82, 2.24) is 9.80 Å². The van der Waals surface area contributed by atoms with Crippen molar-refractivity contribution in [3.05, 3.63) is 35.9 Å². The van der Waals surface area contributed by atoms with Crippen LogP contribution < -0.4 is 5.73 Å². The number of amides is 1. The molecule has 2 atom stereocenters. The van der Waals surface area contributed by atoms with Crippen LogP contribution in [0.25, 0.3) is 0 Å². The van der Waals surface area contributed by atoms with Crippen molar-refractivity contribution < 1.29 is 4.79 Å².